The summed E-state index contributed by atoms with van der Waals surface area (Å²) in [6, 6.07) is 1.60. The van der Waals surface area contributed by atoms with Crippen LogP contribution in [0.5, 0.6) is 0 Å². The quantitative estimate of drug-likeness (QED) is 0.834. The van der Waals surface area contributed by atoms with E-state index in [2.05, 4.69) is 10.3 Å². The third-order valence-electron chi connectivity index (χ3n) is 3.12. The number of hydrogen-bond donors (Lipinski definition) is 2. The first-order chi connectivity index (χ1) is 9.08. The van der Waals surface area contributed by atoms with E-state index in [9.17, 15) is 9.59 Å². The average Bonchev–Trinajstić information content (AvgIpc) is 3.18. The van der Waals surface area contributed by atoms with Crippen LogP contribution >= 0.6 is 0 Å². The van der Waals surface area contributed by atoms with Crippen LogP contribution in [0.1, 0.15) is 24.0 Å². The lowest BCUT2D eigenvalue weighted by molar-refractivity contribution is -0.137. The largest absolute Gasteiger partial charge is 0.480 e. The molecule has 1 aliphatic carbocycles. The smallest absolute Gasteiger partial charge is 0.323 e. The summed E-state index contributed by atoms with van der Waals surface area (Å²) in [6.07, 6.45) is 5.17. The molecular formula is C13H17N3O3. The molecule has 1 heterocycles. The van der Waals surface area contributed by atoms with Gasteiger partial charge in [0.1, 0.15) is 6.54 Å². The summed E-state index contributed by atoms with van der Waals surface area (Å²) in [5.41, 5.74) is 1.98. The molecule has 1 aromatic heterocycles. The summed E-state index contributed by atoms with van der Waals surface area (Å²) in [4.78, 5) is 28.1. The van der Waals surface area contributed by atoms with Crippen LogP contribution in [0.25, 0.3) is 0 Å². The van der Waals surface area contributed by atoms with Gasteiger partial charge in [-0.3, -0.25) is 9.78 Å². The van der Waals surface area contributed by atoms with Crippen LogP contribution in [0.4, 0.5) is 4.79 Å². The van der Waals surface area contributed by atoms with Crippen LogP contribution in [-0.2, 0) is 11.3 Å². The van der Waals surface area contributed by atoms with Crippen molar-refractivity contribution in [2.75, 3.05) is 6.54 Å². The van der Waals surface area contributed by atoms with Gasteiger partial charge >= 0.3 is 12.0 Å². The molecule has 0 aromatic carbocycles. The van der Waals surface area contributed by atoms with E-state index in [-0.39, 0.29) is 18.6 Å². The third kappa shape index (κ3) is 3.67. The van der Waals surface area contributed by atoms with Gasteiger partial charge in [0.15, 0.2) is 0 Å². The summed E-state index contributed by atoms with van der Waals surface area (Å²) >= 11 is 0. The molecule has 6 nitrogen and oxygen atoms in total. The number of nitrogens with one attached hydrogen (secondary N) is 1. The minimum Gasteiger partial charge on any atom is -0.480 e. The second-order valence-electron chi connectivity index (χ2n) is 4.71. The van der Waals surface area contributed by atoms with Gasteiger partial charge in [0.25, 0.3) is 0 Å². The number of carbonyl (C=O) groups is 2. The van der Waals surface area contributed by atoms with Crippen LogP contribution in [0.3, 0.4) is 0 Å². The highest BCUT2D eigenvalue weighted by atomic mass is 16.4. The van der Waals surface area contributed by atoms with Gasteiger partial charge in [0.2, 0.25) is 0 Å². The van der Waals surface area contributed by atoms with E-state index in [0.717, 1.165) is 24.0 Å². The standard InChI is InChI=1S/C13H17N3O3/c1-9-6-14-5-4-10(9)7-15-13(19)16(8-12(17)18)11-2-3-11/h4-6,11H,2-3,7-8H2,1H3,(H,15,19)(H,17,18). The normalized spacial score (nSPS) is 13.9. The molecule has 1 aromatic rings. The van der Waals surface area contributed by atoms with E-state index in [4.69, 9.17) is 5.11 Å². The lowest BCUT2D eigenvalue weighted by atomic mass is 10.1. The molecule has 0 bridgehead atoms. The fraction of sp³-hybridized carbons (Fsp3) is 0.462. The molecule has 0 aliphatic heterocycles. The SMILES string of the molecule is Cc1cnccc1CNC(=O)N(CC(=O)O)C1CC1. The van der Waals surface area contributed by atoms with Crippen molar-refractivity contribution < 1.29 is 14.7 Å². The van der Waals surface area contributed by atoms with Gasteiger partial charge in [-0.05, 0) is 37.0 Å². The number of nitrogens with zero attached hydrogens (tertiary/aromatic N) is 2. The Morgan fingerprint density at radius 1 is 1.53 bits per heavy atom. The van der Waals surface area contributed by atoms with Crippen LogP contribution in [-0.4, -0.2) is 39.6 Å². The van der Waals surface area contributed by atoms with Gasteiger partial charge in [0, 0.05) is 25.0 Å². The summed E-state index contributed by atoms with van der Waals surface area (Å²) in [5, 5.41) is 11.6. The monoisotopic (exact) mass is 263 g/mol. The zero-order valence-corrected chi connectivity index (χ0v) is 10.8. The predicted octanol–water partition coefficient (Wildman–Crippen LogP) is 1.15. The van der Waals surface area contributed by atoms with Gasteiger partial charge in [-0.1, -0.05) is 0 Å². The molecule has 102 valence electrons. The molecule has 0 saturated heterocycles. The number of aliphatic carboxylic acids is 1. The molecule has 2 amide bonds. The Labute approximate surface area is 111 Å². The van der Waals surface area contributed by atoms with Gasteiger partial charge in [0.05, 0.1) is 0 Å². The van der Waals surface area contributed by atoms with E-state index in [1.807, 2.05) is 13.0 Å². The maximum absolute atomic E-state index is 12.0. The van der Waals surface area contributed by atoms with Crippen LogP contribution < -0.4 is 5.32 Å². The first kappa shape index (κ1) is 13.3. The van der Waals surface area contributed by atoms with Crippen LogP contribution in [0.2, 0.25) is 0 Å². The number of carboxylic acids is 1. The molecular weight excluding hydrogens is 246 g/mol. The van der Waals surface area contributed by atoms with Crippen molar-refractivity contribution in [3.05, 3.63) is 29.6 Å². The van der Waals surface area contributed by atoms with Crippen molar-refractivity contribution in [2.45, 2.75) is 32.4 Å². The molecule has 2 N–H and O–H groups in total. The maximum atomic E-state index is 12.0. The molecule has 0 unspecified atom stereocenters. The minimum absolute atomic E-state index is 0.0784. The Hall–Kier alpha value is -2.11. The molecule has 6 heteroatoms. The number of aromatic nitrogens is 1. The Kier molecular flexibility index (Phi) is 3.99. The number of aryl methyl sites for hydroxylation is 1. The summed E-state index contributed by atoms with van der Waals surface area (Å²) in [7, 11) is 0. The number of amides is 2. The van der Waals surface area contributed by atoms with E-state index in [1.165, 1.54) is 4.90 Å². The Balaban J connectivity index is 1.92. The predicted molar refractivity (Wildman–Crippen MR) is 68.6 cm³/mol. The van der Waals surface area contributed by atoms with Crippen molar-refractivity contribution in [1.82, 2.24) is 15.2 Å². The number of pyridine rings is 1. The Morgan fingerprint density at radius 2 is 2.26 bits per heavy atom. The molecule has 0 atom stereocenters. The Morgan fingerprint density at radius 3 is 2.84 bits per heavy atom. The van der Waals surface area contributed by atoms with Crippen LogP contribution in [0, 0.1) is 6.92 Å². The molecule has 1 aliphatic rings. The van der Waals surface area contributed by atoms with Gasteiger partial charge in [-0.25, -0.2) is 4.79 Å². The topological polar surface area (TPSA) is 82.5 Å². The van der Waals surface area contributed by atoms with E-state index < -0.39 is 5.97 Å². The van der Waals surface area contributed by atoms with Crippen molar-refractivity contribution in [3.63, 3.8) is 0 Å². The van der Waals surface area contributed by atoms with E-state index in [0.29, 0.717) is 6.54 Å². The maximum Gasteiger partial charge on any atom is 0.323 e. The molecule has 0 spiro atoms. The molecule has 1 saturated carbocycles. The van der Waals surface area contributed by atoms with Crippen molar-refractivity contribution >= 4 is 12.0 Å². The molecule has 2 rings (SSSR count). The summed E-state index contributed by atoms with van der Waals surface area (Å²) < 4.78 is 0. The lowest BCUT2D eigenvalue weighted by Crippen LogP contribution is -2.43. The number of rotatable bonds is 5. The Bertz CT molecular complexity index is 486. The number of urea groups is 1. The number of carboxylic acid groups (broad SMARTS) is 1. The molecule has 0 radical (unpaired) electrons. The minimum atomic E-state index is -0.984. The number of hydrogen-bond acceptors (Lipinski definition) is 3. The highest BCUT2D eigenvalue weighted by Crippen LogP contribution is 2.26. The first-order valence-electron chi connectivity index (χ1n) is 6.23. The highest BCUT2D eigenvalue weighted by molar-refractivity contribution is 5.80. The van der Waals surface area contributed by atoms with Crippen molar-refractivity contribution in [1.29, 1.82) is 0 Å². The van der Waals surface area contributed by atoms with Gasteiger partial charge in [-0.2, -0.15) is 0 Å². The third-order valence-corrected chi connectivity index (χ3v) is 3.12. The zero-order valence-electron chi connectivity index (χ0n) is 10.8. The van der Waals surface area contributed by atoms with Crippen molar-refractivity contribution in [2.24, 2.45) is 0 Å². The van der Waals surface area contributed by atoms with E-state index in [1.54, 1.807) is 12.4 Å². The van der Waals surface area contributed by atoms with Gasteiger partial charge in [-0.15, -0.1) is 0 Å². The van der Waals surface area contributed by atoms with E-state index >= 15 is 0 Å². The van der Waals surface area contributed by atoms with Crippen LogP contribution in [0.15, 0.2) is 18.5 Å². The second-order valence-corrected chi connectivity index (χ2v) is 4.71. The first-order valence-corrected chi connectivity index (χ1v) is 6.23. The number of carbonyl (C=O) groups excluding carboxylic acids is 1. The average molecular weight is 263 g/mol. The van der Waals surface area contributed by atoms with Gasteiger partial charge < -0.3 is 15.3 Å². The fourth-order valence-electron chi connectivity index (χ4n) is 1.87. The van der Waals surface area contributed by atoms with Crippen molar-refractivity contribution in [3.8, 4) is 0 Å². The zero-order chi connectivity index (χ0) is 13.8. The second kappa shape index (κ2) is 5.69. The fourth-order valence-corrected chi connectivity index (χ4v) is 1.87. The lowest BCUT2D eigenvalue weighted by Gasteiger charge is -2.21. The molecule has 19 heavy (non-hydrogen) atoms. The summed E-state index contributed by atoms with van der Waals surface area (Å²) in [6.45, 7) is 2.06. The summed E-state index contributed by atoms with van der Waals surface area (Å²) in [5.74, 6) is -0.984. The highest BCUT2D eigenvalue weighted by Gasteiger charge is 2.33. The molecule has 1 fully saturated rings.